The first-order chi connectivity index (χ1) is 14.3. The van der Waals surface area contributed by atoms with Crippen LogP contribution in [0.5, 0.6) is 0 Å². The van der Waals surface area contributed by atoms with Crippen molar-refractivity contribution in [3.8, 4) is 0 Å². The van der Waals surface area contributed by atoms with Crippen LogP contribution in [0.2, 0.25) is 0 Å². The summed E-state index contributed by atoms with van der Waals surface area (Å²) in [5.41, 5.74) is 4.24. The van der Waals surface area contributed by atoms with E-state index in [0.29, 0.717) is 23.5 Å². The zero-order valence-corrected chi connectivity index (χ0v) is 18.1. The van der Waals surface area contributed by atoms with Gasteiger partial charge >= 0.3 is 5.69 Å². The third kappa shape index (κ3) is 3.17. The molecule has 1 aromatic carbocycles. The molecule has 0 bridgehead atoms. The monoisotopic (exact) mass is 409 g/mol. The van der Waals surface area contributed by atoms with Crippen molar-refractivity contribution in [3.63, 3.8) is 0 Å². The van der Waals surface area contributed by atoms with Crippen molar-refractivity contribution in [2.24, 2.45) is 7.05 Å². The molecule has 0 saturated heterocycles. The van der Waals surface area contributed by atoms with Crippen LogP contribution in [0.1, 0.15) is 28.8 Å². The molecule has 158 valence electrons. The molecule has 0 saturated carbocycles. The molecule has 0 fully saturated rings. The van der Waals surface area contributed by atoms with E-state index in [1.807, 2.05) is 45.2 Å². The van der Waals surface area contributed by atoms with Crippen molar-refractivity contribution in [1.29, 1.82) is 0 Å². The molecule has 0 radical (unpaired) electrons. The van der Waals surface area contributed by atoms with E-state index in [1.54, 1.807) is 18.6 Å². The summed E-state index contributed by atoms with van der Waals surface area (Å²) in [6.45, 7) is 7.58. The zero-order chi connectivity index (χ0) is 21.6. The third-order valence-corrected chi connectivity index (χ3v) is 5.70. The SMILES string of the molecule is COCCCn1c(C)cn2c3c(=O)n(Cc4cc(C)ccc4C)c(=O)n(C)c3nc12. The predicted molar refractivity (Wildman–Crippen MR) is 116 cm³/mol. The van der Waals surface area contributed by atoms with Crippen molar-refractivity contribution in [1.82, 2.24) is 23.1 Å². The van der Waals surface area contributed by atoms with Crippen LogP contribution in [0.15, 0.2) is 34.0 Å². The normalized spacial score (nSPS) is 11.8. The summed E-state index contributed by atoms with van der Waals surface area (Å²) in [6, 6.07) is 6.06. The molecule has 0 atom stereocenters. The molecule has 0 N–H and O–H groups in total. The molecule has 8 heteroatoms. The number of aryl methyl sites for hydroxylation is 5. The number of methoxy groups -OCH3 is 1. The van der Waals surface area contributed by atoms with E-state index in [-0.39, 0.29) is 17.8 Å². The molecule has 0 aliphatic rings. The van der Waals surface area contributed by atoms with Gasteiger partial charge in [0.15, 0.2) is 11.2 Å². The summed E-state index contributed by atoms with van der Waals surface area (Å²) in [7, 11) is 3.34. The molecule has 8 nitrogen and oxygen atoms in total. The molecule has 30 heavy (non-hydrogen) atoms. The second-order valence-corrected chi connectivity index (χ2v) is 7.89. The van der Waals surface area contributed by atoms with Gasteiger partial charge in [-0.25, -0.2) is 4.79 Å². The van der Waals surface area contributed by atoms with Crippen molar-refractivity contribution in [2.75, 3.05) is 13.7 Å². The van der Waals surface area contributed by atoms with Crippen LogP contribution < -0.4 is 11.2 Å². The minimum absolute atomic E-state index is 0.232. The molecule has 0 spiro atoms. The molecule has 0 amide bonds. The van der Waals surface area contributed by atoms with Gasteiger partial charge in [-0.3, -0.25) is 18.3 Å². The van der Waals surface area contributed by atoms with Crippen LogP contribution in [-0.4, -0.2) is 36.8 Å². The molecular weight excluding hydrogens is 382 g/mol. The van der Waals surface area contributed by atoms with Gasteiger partial charge in [-0.15, -0.1) is 0 Å². The van der Waals surface area contributed by atoms with Crippen LogP contribution >= 0.6 is 0 Å². The Morgan fingerprint density at radius 3 is 2.60 bits per heavy atom. The lowest BCUT2D eigenvalue weighted by atomic mass is 10.1. The smallest absolute Gasteiger partial charge is 0.332 e. The lowest BCUT2D eigenvalue weighted by molar-refractivity contribution is 0.190. The van der Waals surface area contributed by atoms with E-state index in [1.165, 1.54) is 9.13 Å². The predicted octanol–water partition coefficient (Wildman–Crippen LogP) is 2.16. The Hall–Kier alpha value is -3.13. The van der Waals surface area contributed by atoms with Gasteiger partial charge in [-0.2, -0.15) is 4.98 Å². The highest BCUT2D eigenvalue weighted by Crippen LogP contribution is 2.17. The van der Waals surface area contributed by atoms with E-state index >= 15 is 0 Å². The van der Waals surface area contributed by atoms with Crippen molar-refractivity contribution < 1.29 is 4.74 Å². The molecule has 4 aromatic rings. The Kier molecular flexibility index (Phi) is 5.11. The molecular formula is C22H27N5O3. The topological polar surface area (TPSA) is 75.5 Å². The van der Waals surface area contributed by atoms with E-state index in [2.05, 4.69) is 9.55 Å². The molecule has 0 unspecified atom stereocenters. The van der Waals surface area contributed by atoms with Crippen molar-refractivity contribution >= 4 is 16.9 Å². The van der Waals surface area contributed by atoms with Gasteiger partial charge in [-0.1, -0.05) is 23.8 Å². The number of fused-ring (bicyclic) bond motifs is 3. The third-order valence-electron chi connectivity index (χ3n) is 5.70. The van der Waals surface area contributed by atoms with Gasteiger partial charge in [0.2, 0.25) is 5.78 Å². The quantitative estimate of drug-likeness (QED) is 0.458. The van der Waals surface area contributed by atoms with E-state index in [4.69, 9.17) is 4.74 Å². The molecule has 0 aliphatic carbocycles. The average molecular weight is 409 g/mol. The summed E-state index contributed by atoms with van der Waals surface area (Å²) in [5.74, 6) is 0.662. The maximum absolute atomic E-state index is 13.4. The fourth-order valence-corrected chi connectivity index (χ4v) is 3.98. The van der Waals surface area contributed by atoms with Crippen LogP contribution in [0.4, 0.5) is 0 Å². The Morgan fingerprint density at radius 1 is 1.10 bits per heavy atom. The Bertz CT molecular complexity index is 1370. The number of hydrogen-bond donors (Lipinski definition) is 0. The van der Waals surface area contributed by atoms with Crippen LogP contribution in [0.25, 0.3) is 16.9 Å². The van der Waals surface area contributed by atoms with Gasteiger partial charge in [0.1, 0.15) is 0 Å². The summed E-state index contributed by atoms with van der Waals surface area (Å²) in [6.07, 6.45) is 2.74. The minimum atomic E-state index is -0.364. The average Bonchev–Trinajstić information content (AvgIpc) is 3.22. The maximum atomic E-state index is 13.4. The maximum Gasteiger partial charge on any atom is 0.332 e. The number of imidazole rings is 2. The van der Waals surface area contributed by atoms with Gasteiger partial charge in [0.25, 0.3) is 5.56 Å². The zero-order valence-electron chi connectivity index (χ0n) is 18.1. The van der Waals surface area contributed by atoms with Crippen molar-refractivity contribution in [2.45, 2.75) is 40.3 Å². The van der Waals surface area contributed by atoms with Gasteiger partial charge in [0.05, 0.1) is 6.54 Å². The lowest BCUT2D eigenvalue weighted by Gasteiger charge is -2.11. The van der Waals surface area contributed by atoms with Gasteiger partial charge in [-0.05, 0) is 38.3 Å². The minimum Gasteiger partial charge on any atom is -0.385 e. The van der Waals surface area contributed by atoms with Gasteiger partial charge < -0.3 is 9.30 Å². The first-order valence-electron chi connectivity index (χ1n) is 10.1. The van der Waals surface area contributed by atoms with Crippen LogP contribution in [0, 0.1) is 20.8 Å². The Balaban J connectivity index is 1.92. The largest absolute Gasteiger partial charge is 0.385 e. The number of nitrogens with zero attached hydrogens (tertiary/aromatic N) is 5. The number of aromatic nitrogens is 5. The van der Waals surface area contributed by atoms with E-state index in [0.717, 1.165) is 35.3 Å². The van der Waals surface area contributed by atoms with Crippen LogP contribution in [-0.2, 0) is 24.9 Å². The molecule has 4 rings (SSSR count). The number of benzene rings is 1. The molecule has 0 aliphatic heterocycles. The first kappa shape index (κ1) is 20.2. The van der Waals surface area contributed by atoms with Crippen LogP contribution in [0.3, 0.4) is 0 Å². The standard InChI is InChI=1S/C22H27N5O3/c1-14-7-8-15(2)17(11-14)13-27-20(28)18-19(24(4)22(27)29)23-21-25(9-6-10-30-5)16(3)12-26(18)21/h7-8,11-12H,6,9-10,13H2,1-5H3. The fourth-order valence-electron chi connectivity index (χ4n) is 3.98. The van der Waals surface area contributed by atoms with E-state index in [9.17, 15) is 9.59 Å². The van der Waals surface area contributed by atoms with Crippen molar-refractivity contribution in [3.05, 3.63) is 67.6 Å². The summed E-state index contributed by atoms with van der Waals surface area (Å²) in [5, 5.41) is 0. The summed E-state index contributed by atoms with van der Waals surface area (Å²) < 4.78 is 11.8. The highest BCUT2D eigenvalue weighted by Gasteiger charge is 2.20. The second-order valence-electron chi connectivity index (χ2n) is 7.89. The van der Waals surface area contributed by atoms with E-state index < -0.39 is 0 Å². The summed E-state index contributed by atoms with van der Waals surface area (Å²) in [4.78, 5) is 31.1. The van der Waals surface area contributed by atoms with Gasteiger partial charge in [0, 0.05) is 39.2 Å². The molecule has 3 heterocycles. The highest BCUT2D eigenvalue weighted by atomic mass is 16.5. The molecule has 3 aromatic heterocycles. The lowest BCUT2D eigenvalue weighted by Crippen LogP contribution is -2.39. The number of ether oxygens (including phenoxy) is 1. The highest BCUT2D eigenvalue weighted by molar-refractivity contribution is 5.75. The Morgan fingerprint density at radius 2 is 1.87 bits per heavy atom. The fraction of sp³-hybridized carbons (Fsp3) is 0.409. The second kappa shape index (κ2) is 7.60. The number of rotatable bonds is 6. The first-order valence-corrected chi connectivity index (χ1v) is 10.1. The number of hydrogen-bond acceptors (Lipinski definition) is 4. The summed E-state index contributed by atoms with van der Waals surface area (Å²) >= 11 is 0. The Labute approximate surface area is 174 Å².